The Hall–Kier alpha value is -3.33. The van der Waals surface area contributed by atoms with Crippen LogP contribution in [0, 0.1) is 11.3 Å². The van der Waals surface area contributed by atoms with Crippen LogP contribution < -0.4 is 15.4 Å². The zero-order valence-electron chi connectivity index (χ0n) is 12.3. The highest BCUT2D eigenvalue weighted by atomic mass is 16.5. The molecule has 6 heteroatoms. The molecule has 2 aromatic rings. The molecule has 0 saturated heterocycles. The van der Waals surface area contributed by atoms with Crippen molar-refractivity contribution in [2.24, 2.45) is 0 Å². The molecular formula is C17H13N3O3. The lowest BCUT2D eigenvalue weighted by molar-refractivity contribution is -0.122. The predicted octanol–water partition coefficient (Wildman–Crippen LogP) is 2.53. The van der Waals surface area contributed by atoms with E-state index >= 15 is 0 Å². The fourth-order valence-corrected chi connectivity index (χ4v) is 2.18. The number of nitriles is 1. The number of nitrogens with zero attached hydrogens (tertiary/aromatic N) is 1. The molecule has 0 fully saturated rings. The molecule has 2 amide bonds. The van der Waals surface area contributed by atoms with Crippen LogP contribution in [0.2, 0.25) is 0 Å². The summed E-state index contributed by atoms with van der Waals surface area (Å²) in [4.78, 5) is 23.9. The van der Waals surface area contributed by atoms with Gasteiger partial charge in [-0.15, -0.1) is 0 Å². The second-order valence-corrected chi connectivity index (χ2v) is 5.10. The van der Waals surface area contributed by atoms with Crippen molar-refractivity contribution >= 4 is 23.2 Å². The highest BCUT2D eigenvalue weighted by Crippen LogP contribution is 2.30. The molecule has 23 heavy (non-hydrogen) atoms. The number of rotatable bonds is 2. The number of amides is 2. The van der Waals surface area contributed by atoms with Gasteiger partial charge in [-0.2, -0.15) is 5.26 Å². The number of hydrogen-bond donors (Lipinski definition) is 2. The maximum absolute atomic E-state index is 12.3. The molecule has 1 aliphatic rings. The standard InChI is InChI=1S/C17H13N3O3/c1-10-16(21)20-14-8-12(4-7-15(14)23-10)17(22)19-13-5-2-11(9-18)3-6-13/h2-8,10H,1H3,(H,19,22)(H,20,21). The lowest BCUT2D eigenvalue weighted by Crippen LogP contribution is -2.34. The Morgan fingerprint density at radius 2 is 2.00 bits per heavy atom. The number of ether oxygens (including phenoxy) is 1. The molecule has 0 bridgehead atoms. The first-order chi connectivity index (χ1) is 11.1. The highest BCUT2D eigenvalue weighted by molar-refractivity contribution is 6.06. The van der Waals surface area contributed by atoms with Crippen molar-refractivity contribution in [1.82, 2.24) is 0 Å². The number of nitrogens with one attached hydrogen (secondary N) is 2. The van der Waals surface area contributed by atoms with E-state index in [0.717, 1.165) is 0 Å². The summed E-state index contributed by atoms with van der Waals surface area (Å²) in [6.07, 6.45) is -0.555. The molecule has 114 valence electrons. The topological polar surface area (TPSA) is 91.2 Å². The number of carbonyl (C=O) groups is 2. The second-order valence-electron chi connectivity index (χ2n) is 5.10. The Labute approximate surface area is 132 Å². The quantitative estimate of drug-likeness (QED) is 0.892. The molecule has 0 aliphatic carbocycles. The molecule has 0 radical (unpaired) electrons. The second kappa shape index (κ2) is 5.81. The molecule has 0 aromatic heterocycles. The van der Waals surface area contributed by atoms with Crippen LogP contribution in [0.3, 0.4) is 0 Å². The first-order valence-corrected chi connectivity index (χ1v) is 7.00. The third-order valence-electron chi connectivity index (χ3n) is 3.44. The molecule has 3 rings (SSSR count). The van der Waals surface area contributed by atoms with Crippen molar-refractivity contribution < 1.29 is 14.3 Å². The van der Waals surface area contributed by atoms with E-state index < -0.39 is 6.10 Å². The van der Waals surface area contributed by atoms with Crippen LogP contribution >= 0.6 is 0 Å². The first-order valence-electron chi connectivity index (χ1n) is 7.00. The van der Waals surface area contributed by atoms with Crippen molar-refractivity contribution in [1.29, 1.82) is 5.26 Å². The van der Waals surface area contributed by atoms with Crippen LogP contribution in [-0.4, -0.2) is 17.9 Å². The monoisotopic (exact) mass is 307 g/mol. The summed E-state index contributed by atoms with van der Waals surface area (Å²) >= 11 is 0. The van der Waals surface area contributed by atoms with Gasteiger partial charge in [-0.1, -0.05) is 0 Å². The molecule has 0 spiro atoms. The van der Waals surface area contributed by atoms with Crippen LogP contribution in [0.15, 0.2) is 42.5 Å². The van der Waals surface area contributed by atoms with E-state index in [9.17, 15) is 9.59 Å². The van der Waals surface area contributed by atoms with Gasteiger partial charge < -0.3 is 15.4 Å². The zero-order chi connectivity index (χ0) is 16.4. The number of hydrogen-bond acceptors (Lipinski definition) is 4. The average Bonchev–Trinajstić information content (AvgIpc) is 2.56. The molecule has 1 atom stereocenters. The molecule has 6 nitrogen and oxygen atoms in total. The van der Waals surface area contributed by atoms with Gasteiger partial charge in [-0.25, -0.2) is 0 Å². The summed E-state index contributed by atoms with van der Waals surface area (Å²) in [6, 6.07) is 13.4. The van der Waals surface area contributed by atoms with Gasteiger partial charge in [0.15, 0.2) is 6.10 Å². The fraction of sp³-hybridized carbons (Fsp3) is 0.118. The van der Waals surface area contributed by atoms with E-state index in [2.05, 4.69) is 10.6 Å². The van der Waals surface area contributed by atoms with Crippen LogP contribution in [-0.2, 0) is 4.79 Å². The van der Waals surface area contributed by atoms with Crippen molar-refractivity contribution in [3.8, 4) is 11.8 Å². The van der Waals surface area contributed by atoms with Crippen LogP contribution in [0.4, 0.5) is 11.4 Å². The Morgan fingerprint density at radius 3 is 2.70 bits per heavy atom. The fourth-order valence-electron chi connectivity index (χ4n) is 2.18. The van der Waals surface area contributed by atoms with Crippen molar-refractivity contribution in [2.45, 2.75) is 13.0 Å². The van der Waals surface area contributed by atoms with Gasteiger partial charge >= 0.3 is 0 Å². The molecule has 1 aliphatic heterocycles. The summed E-state index contributed by atoms with van der Waals surface area (Å²) in [5.41, 5.74) is 1.97. The van der Waals surface area contributed by atoms with Gasteiger partial charge in [0.05, 0.1) is 17.3 Å². The van der Waals surface area contributed by atoms with E-state index in [0.29, 0.717) is 28.3 Å². The largest absolute Gasteiger partial charge is 0.479 e. The van der Waals surface area contributed by atoms with Crippen LogP contribution in [0.25, 0.3) is 0 Å². The maximum atomic E-state index is 12.3. The lowest BCUT2D eigenvalue weighted by Gasteiger charge is -2.23. The minimum Gasteiger partial charge on any atom is -0.479 e. The first kappa shape index (κ1) is 14.6. The molecule has 0 saturated carbocycles. The lowest BCUT2D eigenvalue weighted by atomic mass is 10.1. The maximum Gasteiger partial charge on any atom is 0.265 e. The molecular weight excluding hydrogens is 294 g/mol. The summed E-state index contributed by atoms with van der Waals surface area (Å²) in [7, 11) is 0. The summed E-state index contributed by atoms with van der Waals surface area (Å²) < 4.78 is 5.45. The van der Waals surface area contributed by atoms with E-state index in [1.165, 1.54) is 0 Å². The van der Waals surface area contributed by atoms with Gasteiger partial charge in [0.25, 0.3) is 11.8 Å². The minimum atomic E-state index is -0.555. The number of carbonyl (C=O) groups excluding carboxylic acids is 2. The summed E-state index contributed by atoms with van der Waals surface area (Å²) in [5.74, 6) is -0.0282. The van der Waals surface area contributed by atoms with Crippen LogP contribution in [0.5, 0.6) is 5.75 Å². The van der Waals surface area contributed by atoms with E-state index in [4.69, 9.17) is 10.00 Å². The number of anilines is 2. The Morgan fingerprint density at radius 1 is 1.26 bits per heavy atom. The Kier molecular flexibility index (Phi) is 3.69. The number of benzene rings is 2. The summed E-state index contributed by atoms with van der Waals surface area (Å²) in [6.45, 7) is 1.66. The average molecular weight is 307 g/mol. The van der Waals surface area contributed by atoms with Crippen molar-refractivity contribution in [3.63, 3.8) is 0 Å². The van der Waals surface area contributed by atoms with Gasteiger partial charge in [0.2, 0.25) is 0 Å². The molecule has 2 N–H and O–H groups in total. The van der Waals surface area contributed by atoms with Crippen LogP contribution in [0.1, 0.15) is 22.8 Å². The Bertz CT molecular complexity index is 822. The normalized spacial score (nSPS) is 15.7. The van der Waals surface area contributed by atoms with Gasteiger partial charge in [-0.05, 0) is 49.4 Å². The van der Waals surface area contributed by atoms with E-state index in [-0.39, 0.29) is 11.8 Å². The van der Waals surface area contributed by atoms with Gasteiger partial charge in [-0.3, -0.25) is 9.59 Å². The SMILES string of the molecule is CC1Oc2ccc(C(=O)Nc3ccc(C#N)cc3)cc2NC1=O. The third-order valence-corrected chi connectivity index (χ3v) is 3.44. The minimum absolute atomic E-state index is 0.248. The van der Waals surface area contributed by atoms with E-state index in [1.807, 2.05) is 6.07 Å². The molecule has 2 aromatic carbocycles. The zero-order valence-corrected chi connectivity index (χ0v) is 12.3. The van der Waals surface area contributed by atoms with Crippen molar-refractivity contribution in [2.75, 3.05) is 10.6 Å². The number of fused-ring (bicyclic) bond motifs is 1. The smallest absolute Gasteiger partial charge is 0.265 e. The van der Waals surface area contributed by atoms with Gasteiger partial charge in [0, 0.05) is 11.3 Å². The van der Waals surface area contributed by atoms with Gasteiger partial charge in [0.1, 0.15) is 5.75 Å². The Balaban J connectivity index is 1.79. The van der Waals surface area contributed by atoms with Crippen molar-refractivity contribution in [3.05, 3.63) is 53.6 Å². The molecule has 1 unspecified atom stereocenters. The third kappa shape index (κ3) is 2.99. The molecule has 1 heterocycles. The predicted molar refractivity (Wildman–Crippen MR) is 84.3 cm³/mol. The highest BCUT2D eigenvalue weighted by Gasteiger charge is 2.24. The summed E-state index contributed by atoms with van der Waals surface area (Å²) in [5, 5.41) is 14.2. The van der Waals surface area contributed by atoms with E-state index in [1.54, 1.807) is 49.4 Å².